The highest BCUT2D eigenvalue weighted by atomic mass is 16.5. The van der Waals surface area contributed by atoms with Crippen LogP contribution in [0.15, 0.2) is 30.3 Å². The number of benzene rings is 1. The van der Waals surface area contributed by atoms with Crippen molar-refractivity contribution >= 4 is 6.03 Å². The Hall–Kier alpha value is -1.55. The van der Waals surface area contributed by atoms with Crippen LogP contribution in [0.2, 0.25) is 0 Å². The third-order valence-corrected chi connectivity index (χ3v) is 3.36. The minimum absolute atomic E-state index is 0.00766. The molecule has 19 heavy (non-hydrogen) atoms. The van der Waals surface area contributed by atoms with E-state index >= 15 is 0 Å². The summed E-state index contributed by atoms with van der Waals surface area (Å²) in [5.41, 5.74) is 1.12. The molecular formula is C15H22N2O2. The summed E-state index contributed by atoms with van der Waals surface area (Å²) in [6, 6.07) is 10.3. The number of nitrogens with zero attached hydrogens (tertiary/aromatic N) is 1. The number of morpholine rings is 1. The van der Waals surface area contributed by atoms with Gasteiger partial charge in [0.1, 0.15) is 6.10 Å². The largest absolute Gasteiger partial charge is 0.370 e. The van der Waals surface area contributed by atoms with Crippen molar-refractivity contribution in [3.8, 4) is 0 Å². The minimum atomic E-state index is -0.0483. The molecule has 1 aromatic rings. The molecule has 0 aliphatic carbocycles. The molecule has 1 heterocycles. The second-order valence-electron chi connectivity index (χ2n) is 5.24. The quantitative estimate of drug-likeness (QED) is 0.890. The van der Waals surface area contributed by atoms with Gasteiger partial charge in [0.15, 0.2) is 0 Å². The second kappa shape index (κ2) is 6.06. The lowest BCUT2D eigenvalue weighted by molar-refractivity contribution is -0.0499. The van der Waals surface area contributed by atoms with Crippen LogP contribution in [0.4, 0.5) is 4.79 Å². The summed E-state index contributed by atoms with van der Waals surface area (Å²) in [6.07, 6.45) is -0.0483. The molecule has 0 radical (unpaired) electrons. The van der Waals surface area contributed by atoms with Crippen LogP contribution in [0.3, 0.4) is 0 Å². The molecule has 4 heteroatoms. The molecule has 1 aliphatic heterocycles. The van der Waals surface area contributed by atoms with Gasteiger partial charge >= 0.3 is 6.03 Å². The van der Waals surface area contributed by atoms with E-state index in [4.69, 9.17) is 4.74 Å². The summed E-state index contributed by atoms with van der Waals surface area (Å²) in [4.78, 5) is 14.0. The van der Waals surface area contributed by atoms with Gasteiger partial charge in [0.2, 0.25) is 0 Å². The Morgan fingerprint density at radius 1 is 1.37 bits per heavy atom. The molecule has 1 N–H and O–H groups in total. The van der Waals surface area contributed by atoms with E-state index < -0.39 is 0 Å². The average Bonchev–Trinajstić information content (AvgIpc) is 2.39. The van der Waals surface area contributed by atoms with Crippen LogP contribution in [0.5, 0.6) is 0 Å². The van der Waals surface area contributed by atoms with Crippen LogP contribution in [0, 0.1) is 0 Å². The summed E-state index contributed by atoms with van der Waals surface area (Å²) in [5.74, 6) is 0. The van der Waals surface area contributed by atoms with Gasteiger partial charge in [-0.3, -0.25) is 0 Å². The first-order valence-electron chi connectivity index (χ1n) is 6.83. The second-order valence-corrected chi connectivity index (χ2v) is 5.24. The fourth-order valence-corrected chi connectivity index (χ4v) is 2.42. The molecule has 104 valence electrons. The molecule has 1 saturated heterocycles. The van der Waals surface area contributed by atoms with Crippen molar-refractivity contribution < 1.29 is 9.53 Å². The van der Waals surface area contributed by atoms with Gasteiger partial charge in [-0.15, -0.1) is 0 Å². The third-order valence-electron chi connectivity index (χ3n) is 3.36. The van der Waals surface area contributed by atoms with Crippen molar-refractivity contribution in [2.75, 3.05) is 13.2 Å². The van der Waals surface area contributed by atoms with Gasteiger partial charge < -0.3 is 15.0 Å². The SMILES string of the molecule is CC(C)NC(=O)N1CCOC(c2ccccc2)C1C. The first-order valence-corrected chi connectivity index (χ1v) is 6.83. The van der Waals surface area contributed by atoms with Crippen molar-refractivity contribution in [3.05, 3.63) is 35.9 Å². The zero-order chi connectivity index (χ0) is 13.8. The Bertz CT molecular complexity index is 419. The Morgan fingerprint density at radius 3 is 2.68 bits per heavy atom. The van der Waals surface area contributed by atoms with Crippen molar-refractivity contribution in [2.24, 2.45) is 0 Å². The van der Waals surface area contributed by atoms with Gasteiger partial charge in [0.05, 0.1) is 12.6 Å². The van der Waals surface area contributed by atoms with E-state index in [1.807, 2.05) is 56.0 Å². The lowest BCUT2D eigenvalue weighted by Crippen LogP contribution is -2.53. The molecule has 1 aromatic carbocycles. The molecule has 1 fully saturated rings. The molecule has 4 nitrogen and oxygen atoms in total. The predicted octanol–water partition coefficient (Wildman–Crippen LogP) is 2.57. The highest BCUT2D eigenvalue weighted by Crippen LogP contribution is 2.28. The number of hydrogen-bond acceptors (Lipinski definition) is 2. The van der Waals surface area contributed by atoms with Crippen LogP contribution >= 0.6 is 0 Å². The zero-order valence-corrected chi connectivity index (χ0v) is 11.8. The highest BCUT2D eigenvalue weighted by molar-refractivity contribution is 5.75. The van der Waals surface area contributed by atoms with E-state index in [1.165, 1.54) is 0 Å². The normalized spacial score (nSPS) is 23.5. The minimum Gasteiger partial charge on any atom is -0.370 e. The van der Waals surface area contributed by atoms with Gasteiger partial charge in [-0.2, -0.15) is 0 Å². The predicted molar refractivity (Wildman–Crippen MR) is 75.0 cm³/mol. The molecule has 1 aliphatic rings. The fraction of sp³-hybridized carbons (Fsp3) is 0.533. The summed E-state index contributed by atoms with van der Waals surface area (Å²) < 4.78 is 5.84. The Balaban J connectivity index is 2.10. The molecular weight excluding hydrogens is 240 g/mol. The maximum Gasteiger partial charge on any atom is 0.318 e. The third kappa shape index (κ3) is 3.26. The number of rotatable bonds is 2. The average molecular weight is 262 g/mol. The van der Waals surface area contributed by atoms with E-state index in [1.54, 1.807) is 0 Å². The molecule has 0 aromatic heterocycles. The Kier molecular flexibility index (Phi) is 4.43. The number of carbonyl (C=O) groups excluding carboxylic acids is 1. The zero-order valence-electron chi connectivity index (χ0n) is 11.8. The van der Waals surface area contributed by atoms with Gasteiger partial charge in [-0.05, 0) is 26.3 Å². The first kappa shape index (κ1) is 13.9. The fourth-order valence-electron chi connectivity index (χ4n) is 2.42. The van der Waals surface area contributed by atoms with E-state index in [0.29, 0.717) is 13.2 Å². The van der Waals surface area contributed by atoms with E-state index in [9.17, 15) is 4.79 Å². The van der Waals surface area contributed by atoms with Gasteiger partial charge in [-0.25, -0.2) is 4.79 Å². The maximum absolute atomic E-state index is 12.2. The lowest BCUT2D eigenvalue weighted by Gasteiger charge is -2.39. The van der Waals surface area contributed by atoms with Crippen LogP contribution in [0.25, 0.3) is 0 Å². The number of hydrogen-bond donors (Lipinski definition) is 1. The Labute approximate surface area is 114 Å². The number of carbonyl (C=O) groups is 1. The van der Waals surface area contributed by atoms with Crippen LogP contribution in [-0.4, -0.2) is 36.2 Å². The smallest absolute Gasteiger partial charge is 0.318 e. The van der Waals surface area contributed by atoms with Gasteiger partial charge in [0, 0.05) is 12.6 Å². The number of urea groups is 1. The van der Waals surface area contributed by atoms with E-state index in [2.05, 4.69) is 5.32 Å². The van der Waals surface area contributed by atoms with E-state index in [0.717, 1.165) is 5.56 Å². The lowest BCUT2D eigenvalue weighted by atomic mass is 10.0. The molecule has 2 rings (SSSR count). The van der Waals surface area contributed by atoms with Crippen LogP contribution in [0.1, 0.15) is 32.4 Å². The Morgan fingerprint density at radius 2 is 2.05 bits per heavy atom. The summed E-state index contributed by atoms with van der Waals surface area (Å²) in [6.45, 7) is 7.20. The standard InChI is InChI=1S/C15H22N2O2/c1-11(2)16-15(18)17-9-10-19-14(12(17)3)13-7-5-4-6-8-13/h4-8,11-12,14H,9-10H2,1-3H3,(H,16,18). The van der Waals surface area contributed by atoms with Crippen LogP contribution < -0.4 is 5.32 Å². The number of ether oxygens (including phenoxy) is 1. The molecule has 0 saturated carbocycles. The van der Waals surface area contributed by atoms with E-state index in [-0.39, 0.29) is 24.2 Å². The first-order chi connectivity index (χ1) is 9.09. The molecule has 0 spiro atoms. The monoisotopic (exact) mass is 262 g/mol. The van der Waals surface area contributed by atoms with Crippen molar-refractivity contribution in [3.63, 3.8) is 0 Å². The highest BCUT2D eigenvalue weighted by Gasteiger charge is 2.32. The van der Waals surface area contributed by atoms with Gasteiger partial charge in [-0.1, -0.05) is 30.3 Å². The van der Waals surface area contributed by atoms with Crippen molar-refractivity contribution in [1.82, 2.24) is 10.2 Å². The summed E-state index contributed by atoms with van der Waals surface area (Å²) in [5, 5.41) is 2.95. The molecule has 2 atom stereocenters. The van der Waals surface area contributed by atoms with Crippen molar-refractivity contribution in [2.45, 2.75) is 39.0 Å². The molecule has 2 amide bonds. The van der Waals surface area contributed by atoms with Crippen molar-refractivity contribution in [1.29, 1.82) is 0 Å². The maximum atomic E-state index is 12.2. The summed E-state index contributed by atoms with van der Waals surface area (Å²) >= 11 is 0. The van der Waals surface area contributed by atoms with Gasteiger partial charge in [0.25, 0.3) is 0 Å². The molecule has 0 bridgehead atoms. The topological polar surface area (TPSA) is 41.6 Å². The summed E-state index contributed by atoms with van der Waals surface area (Å²) in [7, 11) is 0. The van der Waals surface area contributed by atoms with Crippen LogP contribution in [-0.2, 0) is 4.74 Å². The molecule has 2 unspecified atom stereocenters. The number of nitrogens with one attached hydrogen (secondary N) is 1. The number of amides is 2.